The molecule has 0 unspecified atom stereocenters. The monoisotopic (exact) mass is 294 g/mol. The quantitative estimate of drug-likeness (QED) is 0.765. The summed E-state index contributed by atoms with van der Waals surface area (Å²) < 4.78 is 10.5. The van der Waals surface area contributed by atoms with Crippen molar-refractivity contribution in [1.82, 2.24) is 0 Å². The molecule has 0 atom stereocenters. The molecule has 0 aliphatic carbocycles. The van der Waals surface area contributed by atoms with Gasteiger partial charge in [0, 0.05) is 5.56 Å². The fraction of sp³-hybridized carbons (Fsp3) is 0.0556. The molecule has 1 aromatic heterocycles. The Morgan fingerprint density at radius 3 is 2.32 bits per heavy atom. The predicted octanol–water partition coefficient (Wildman–Crippen LogP) is 4.22. The van der Waals surface area contributed by atoms with Crippen molar-refractivity contribution in [2.75, 3.05) is 0 Å². The lowest BCUT2D eigenvalue weighted by Gasteiger charge is -2.07. The van der Waals surface area contributed by atoms with E-state index in [2.05, 4.69) is 0 Å². The van der Waals surface area contributed by atoms with E-state index in [4.69, 9.17) is 14.3 Å². The molecule has 4 nitrogen and oxygen atoms in total. The van der Waals surface area contributed by atoms with E-state index < -0.39 is 5.97 Å². The van der Waals surface area contributed by atoms with E-state index in [0.717, 1.165) is 11.1 Å². The Bertz CT molecular complexity index is 757. The van der Waals surface area contributed by atoms with Crippen molar-refractivity contribution in [3.8, 4) is 16.9 Å². The Hall–Kier alpha value is -3.01. The van der Waals surface area contributed by atoms with E-state index in [0.29, 0.717) is 11.3 Å². The molecule has 3 aromatic rings. The van der Waals surface area contributed by atoms with Crippen LogP contribution in [-0.2, 0) is 6.61 Å². The average molecular weight is 294 g/mol. The van der Waals surface area contributed by atoms with Crippen molar-refractivity contribution in [1.29, 1.82) is 0 Å². The molecule has 0 aliphatic rings. The number of rotatable bonds is 5. The Labute approximate surface area is 127 Å². The molecule has 0 amide bonds. The predicted molar refractivity (Wildman–Crippen MR) is 81.9 cm³/mol. The summed E-state index contributed by atoms with van der Waals surface area (Å²) in [6.07, 6.45) is 1.35. The van der Waals surface area contributed by atoms with Gasteiger partial charge in [-0.3, -0.25) is 0 Å². The summed E-state index contributed by atoms with van der Waals surface area (Å²) in [7, 11) is 0. The van der Waals surface area contributed by atoms with Crippen LogP contribution in [0, 0.1) is 0 Å². The van der Waals surface area contributed by atoms with Crippen LogP contribution >= 0.6 is 0 Å². The highest BCUT2D eigenvalue weighted by atomic mass is 16.5. The lowest BCUT2D eigenvalue weighted by molar-refractivity contribution is 0.0658. The highest BCUT2D eigenvalue weighted by molar-refractivity contribution is 5.86. The van der Waals surface area contributed by atoms with E-state index in [9.17, 15) is 4.79 Å². The number of carboxylic acid groups (broad SMARTS) is 1. The van der Waals surface area contributed by atoms with Crippen molar-refractivity contribution >= 4 is 5.97 Å². The zero-order valence-corrected chi connectivity index (χ0v) is 11.7. The number of furan rings is 1. The van der Waals surface area contributed by atoms with Gasteiger partial charge < -0.3 is 14.3 Å². The fourth-order valence-corrected chi connectivity index (χ4v) is 2.17. The third-order valence-corrected chi connectivity index (χ3v) is 3.30. The van der Waals surface area contributed by atoms with Crippen LogP contribution in [0.25, 0.3) is 11.1 Å². The third-order valence-electron chi connectivity index (χ3n) is 3.30. The van der Waals surface area contributed by atoms with Gasteiger partial charge in [0.15, 0.2) is 0 Å². The summed E-state index contributed by atoms with van der Waals surface area (Å²) in [5.41, 5.74) is 2.75. The molecule has 110 valence electrons. The van der Waals surface area contributed by atoms with E-state index in [1.54, 1.807) is 6.07 Å². The van der Waals surface area contributed by atoms with Gasteiger partial charge in [-0.05, 0) is 29.3 Å². The maximum atomic E-state index is 10.9. The SMILES string of the molecule is O=C(O)c1occc1COc1ccc(-c2ccccc2)cc1. The van der Waals surface area contributed by atoms with Crippen LogP contribution < -0.4 is 4.74 Å². The van der Waals surface area contributed by atoms with Crippen molar-refractivity contribution in [3.63, 3.8) is 0 Å². The summed E-state index contributed by atoms with van der Waals surface area (Å²) in [5.74, 6) is -0.499. The first-order valence-corrected chi connectivity index (χ1v) is 6.82. The average Bonchev–Trinajstić information content (AvgIpc) is 3.03. The van der Waals surface area contributed by atoms with Gasteiger partial charge in [-0.25, -0.2) is 4.79 Å². The van der Waals surface area contributed by atoms with Crippen LogP contribution in [0.4, 0.5) is 0 Å². The van der Waals surface area contributed by atoms with Gasteiger partial charge in [0.25, 0.3) is 0 Å². The summed E-state index contributed by atoms with van der Waals surface area (Å²) >= 11 is 0. The van der Waals surface area contributed by atoms with Crippen LogP contribution in [0.2, 0.25) is 0 Å². The molecule has 2 aromatic carbocycles. The number of ether oxygens (including phenoxy) is 1. The van der Waals surface area contributed by atoms with E-state index >= 15 is 0 Å². The van der Waals surface area contributed by atoms with Crippen LogP contribution in [0.3, 0.4) is 0 Å². The van der Waals surface area contributed by atoms with Crippen LogP contribution in [-0.4, -0.2) is 11.1 Å². The number of aromatic carboxylic acids is 1. The largest absolute Gasteiger partial charge is 0.489 e. The van der Waals surface area contributed by atoms with Gasteiger partial charge in [-0.1, -0.05) is 42.5 Å². The van der Waals surface area contributed by atoms with E-state index in [1.165, 1.54) is 6.26 Å². The Morgan fingerprint density at radius 1 is 0.955 bits per heavy atom. The van der Waals surface area contributed by atoms with Gasteiger partial charge in [-0.2, -0.15) is 0 Å². The molecule has 0 saturated heterocycles. The minimum absolute atomic E-state index is 0.0825. The summed E-state index contributed by atoms with van der Waals surface area (Å²) in [4.78, 5) is 10.9. The fourth-order valence-electron chi connectivity index (χ4n) is 2.17. The summed E-state index contributed by atoms with van der Waals surface area (Å²) in [6, 6.07) is 19.3. The lowest BCUT2D eigenvalue weighted by Crippen LogP contribution is -2.02. The number of carbonyl (C=O) groups is 1. The molecule has 1 heterocycles. The number of hydrogen-bond donors (Lipinski definition) is 1. The minimum atomic E-state index is -1.09. The molecule has 0 spiro atoms. The molecular weight excluding hydrogens is 280 g/mol. The van der Waals surface area contributed by atoms with Crippen LogP contribution in [0.15, 0.2) is 71.3 Å². The number of carboxylic acids is 1. The van der Waals surface area contributed by atoms with Gasteiger partial charge in [0.2, 0.25) is 5.76 Å². The molecule has 4 heteroatoms. The molecule has 0 aliphatic heterocycles. The smallest absolute Gasteiger partial charge is 0.372 e. The first kappa shape index (κ1) is 13.9. The van der Waals surface area contributed by atoms with Crippen LogP contribution in [0.5, 0.6) is 5.75 Å². The van der Waals surface area contributed by atoms with Gasteiger partial charge >= 0.3 is 5.97 Å². The highest BCUT2D eigenvalue weighted by Gasteiger charge is 2.14. The zero-order valence-electron chi connectivity index (χ0n) is 11.7. The van der Waals surface area contributed by atoms with Crippen LogP contribution in [0.1, 0.15) is 16.1 Å². The first-order chi connectivity index (χ1) is 10.7. The Morgan fingerprint density at radius 2 is 1.64 bits per heavy atom. The van der Waals surface area contributed by atoms with Crippen molar-refractivity contribution in [2.24, 2.45) is 0 Å². The number of hydrogen-bond acceptors (Lipinski definition) is 3. The maximum absolute atomic E-state index is 10.9. The normalized spacial score (nSPS) is 10.4. The molecule has 3 rings (SSSR count). The molecule has 1 N–H and O–H groups in total. The second-order valence-corrected chi connectivity index (χ2v) is 4.76. The zero-order chi connectivity index (χ0) is 15.4. The highest BCUT2D eigenvalue weighted by Crippen LogP contribution is 2.23. The van der Waals surface area contributed by atoms with E-state index in [-0.39, 0.29) is 12.4 Å². The first-order valence-electron chi connectivity index (χ1n) is 6.82. The lowest BCUT2D eigenvalue weighted by atomic mass is 10.1. The second-order valence-electron chi connectivity index (χ2n) is 4.76. The van der Waals surface area contributed by atoms with Crippen molar-refractivity contribution in [3.05, 3.63) is 78.3 Å². The number of benzene rings is 2. The topological polar surface area (TPSA) is 59.7 Å². The molecule has 0 saturated carbocycles. The third kappa shape index (κ3) is 3.01. The maximum Gasteiger partial charge on any atom is 0.372 e. The standard InChI is InChI=1S/C18H14O4/c19-18(20)17-15(10-11-21-17)12-22-16-8-6-14(7-9-16)13-4-2-1-3-5-13/h1-11H,12H2,(H,19,20). The Balaban J connectivity index is 1.69. The molecule has 22 heavy (non-hydrogen) atoms. The molecule has 0 radical (unpaired) electrons. The summed E-state index contributed by atoms with van der Waals surface area (Å²) in [6.45, 7) is 0.156. The van der Waals surface area contributed by atoms with Crippen molar-refractivity contribution < 1.29 is 19.1 Å². The molecular formula is C18H14O4. The Kier molecular flexibility index (Phi) is 3.92. The van der Waals surface area contributed by atoms with Gasteiger partial charge in [-0.15, -0.1) is 0 Å². The molecule has 0 bridgehead atoms. The van der Waals surface area contributed by atoms with Gasteiger partial charge in [0.05, 0.1) is 6.26 Å². The second kappa shape index (κ2) is 6.18. The molecule has 0 fully saturated rings. The van der Waals surface area contributed by atoms with Gasteiger partial charge in [0.1, 0.15) is 12.4 Å². The van der Waals surface area contributed by atoms with Crippen molar-refractivity contribution in [2.45, 2.75) is 6.61 Å². The van der Waals surface area contributed by atoms with E-state index in [1.807, 2.05) is 54.6 Å². The summed E-state index contributed by atoms with van der Waals surface area (Å²) in [5, 5.41) is 8.96. The minimum Gasteiger partial charge on any atom is -0.489 e.